The summed E-state index contributed by atoms with van der Waals surface area (Å²) in [6.45, 7) is 2.04. The highest BCUT2D eigenvalue weighted by Crippen LogP contribution is 2.44. The Hall–Kier alpha value is -2.74. The summed E-state index contributed by atoms with van der Waals surface area (Å²) in [5.74, 6) is 1.65. The highest BCUT2D eigenvalue weighted by Gasteiger charge is 2.41. The molecule has 2 atom stereocenters. The Morgan fingerprint density at radius 1 is 1.06 bits per heavy atom. The predicted octanol–water partition coefficient (Wildman–Crippen LogP) is 7.18. The lowest BCUT2D eigenvalue weighted by Gasteiger charge is -2.27. The molecule has 4 aromatic rings. The van der Waals surface area contributed by atoms with Gasteiger partial charge in [0.2, 0.25) is 0 Å². The van der Waals surface area contributed by atoms with Gasteiger partial charge in [-0.25, -0.2) is 0 Å². The summed E-state index contributed by atoms with van der Waals surface area (Å²) in [4.78, 5) is 7.98. The Kier molecular flexibility index (Phi) is 5.95. The van der Waals surface area contributed by atoms with Gasteiger partial charge in [0.05, 0.1) is 17.8 Å². The minimum Gasteiger partial charge on any atom is -0.457 e. The lowest BCUT2D eigenvalue weighted by molar-refractivity contribution is 0.479. The number of aryl methyl sites for hydroxylation is 1. The molecule has 4 nitrogen and oxygen atoms in total. The summed E-state index contributed by atoms with van der Waals surface area (Å²) < 4.78 is 7.14. The number of halogens is 1. The average Bonchev–Trinajstić information content (AvgIpc) is 3.39. The van der Waals surface area contributed by atoms with Crippen molar-refractivity contribution in [1.29, 1.82) is 0 Å². The van der Waals surface area contributed by atoms with Crippen LogP contribution in [-0.4, -0.2) is 10.1 Å². The van der Waals surface area contributed by atoms with Crippen molar-refractivity contribution in [2.24, 2.45) is 0 Å². The molecule has 2 aromatic heterocycles. The standard InChI is InChI=1S/C25H20BrN3OS2/c1-16-6-2-3-8-21(16)30-19-11-9-18(10-12-19)29-24(22-14-17(26)15-32-22)23(28-25(29)31)20-7-4-5-13-27-20/h2-15,23-24H,1H3,(H,28,31)/t23-,24+/m0/s1. The van der Waals surface area contributed by atoms with E-state index < -0.39 is 0 Å². The van der Waals surface area contributed by atoms with Crippen molar-refractivity contribution in [3.63, 3.8) is 0 Å². The van der Waals surface area contributed by atoms with Crippen LogP contribution in [0.4, 0.5) is 5.69 Å². The third kappa shape index (κ3) is 4.16. The molecule has 0 radical (unpaired) electrons. The number of thiophene rings is 1. The largest absolute Gasteiger partial charge is 0.457 e. The van der Waals surface area contributed by atoms with Gasteiger partial charge < -0.3 is 15.0 Å². The van der Waals surface area contributed by atoms with E-state index in [-0.39, 0.29) is 12.1 Å². The van der Waals surface area contributed by atoms with E-state index in [1.807, 2.05) is 67.7 Å². The Labute approximate surface area is 205 Å². The van der Waals surface area contributed by atoms with Crippen molar-refractivity contribution in [3.8, 4) is 11.5 Å². The molecule has 32 heavy (non-hydrogen) atoms. The summed E-state index contributed by atoms with van der Waals surface area (Å²) in [6.07, 6.45) is 1.82. The van der Waals surface area contributed by atoms with Gasteiger partial charge in [0.1, 0.15) is 11.5 Å². The van der Waals surface area contributed by atoms with Crippen LogP contribution < -0.4 is 15.0 Å². The van der Waals surface area contributed by atoms with Crippen LogP contribution in [0, 0.1) is 6.92 Å². The fourth-order valence-electron chi connectivity index (χ4n) is 3.88. The Morgan fingerprint density at radius 3 is 2.53 bits per heavy atom. The van der Waals surface area contributed by atoms with Crippen LogP contribution in [0.2, 0.25) is 0 Å². The molecule has 3 heterocycles. The molecule has 5 rings (SSSR count). The van der Waals surface area contributed by atoms with Crippen LogP contribution in [0.5, 0.6) is 11.5 Å². The summed E-state index contributed by atoms with van der Waals surface area (Å²) in [5, 5.41) is 6.28. The number of hydrogen-bond donors (Lipinski definition) is 1. The second-order valence-corrected chi connectivity index (χ2v) is 9.77. The predicted molar refractivity (Wildman–Crippen MR) is 138 cm³/mol. The molecule has 1 N–H and O–H groups in total. The third-order valence-corrected chi connectivity index (χ3v) is 7.49. The van der Waals surface area contributed by atoms with Gasteiger partial charge in [0.25, 0.3) is 0 Å². The number of nitrogens with one attached hydrogen (secondary N) is 1. The first-order valence-electron chi connectivity index (χ1n) is 10.2. The van der Waals surface area contributed by atoms with Crippen LogP contribution >= 0.6 is 39.5 Å². The van der Waals surface area contributed by atoms with Crippen LogP contribution in [0.3, 0.4) is 0 Å². The fourth-order valence-corrected chi connectivity index (χ4v) is 5.80. The van der Waals surface area contributed by atoms with Crippen LogP contribution in [0.25, 0.3) is 0 Å². The van der Waals surface area contributed by atoms with Crippen molar-refractivity contribution < 1.29 is 4.74 Å². The smallest absolute Gasteiger partial charge is 0.174 e. The van der Waals surface area contributed by atoms with Gasteiger partial charge in [-0.05, 0) is 89.2 Å². The topological polar surface area (TPSA) is 37.4 Å². The molecule has 1 aliphatic rings. The first-order valence-corrected chi connectivity index (χ1v) is 12.3. The molecule has 160 valence electrons. The molecular weight excluding hydrogens is 502 g/mol. The molecule has 1 saturated heterocycles. The maximum absolute atomic E-state index is 6.08. The van der Waals surface area contributed by atoms with Gasteiger partial charge in [-0.2, -0.15) is 0 Å². The van der Waals surface area contributed by atoms with E-state index in [4.69, 9.17) is 17.0 Å². The van der Waals surface area contributed by atoms with Gasteiger partial charge in [-0.3, -0.25) is 4.98 Å². The van der Waals surface area contributed by atoms with E-state index in [0.29, 0.717) is 5.11 Å². The van der Waals surface area contributed by atoms with Gasteiger partial charge >= 0.3 is 0 Å². The highest BCUT2D eigenvalue weighted by molar-refractivity contribution is 9.10. The van der Waals surface area contributed by atoms with Crippen LogP contribution in [0.15, 0.2) is 88.8 Å². The number of benzene rings is 2. The van der Waals surface area contributed by atoms with E-state index in [1.165, 1.54) is 4.88 Å². The molecule has 7 heteroatoms. The van der Waals surface area contributed by atoms with Crippen LogP contribution in [0.1, 0.15) is 28.2 Å². The maximum Gasteiger partial charge on any atom is 0.174 e. The van der Waals surface area contributed by atoms with E-state index in [0.717, 1.165) is 32.9 Å². The van der Waals surface area contributed by atoms with Crippen molar-refractivity contribution in [2.75, 3.05) is 4.90 Å². The Balaban J connectivity index is 1.48. The molecule has 1 fully saturated rings. The number of rotatable bonds is 5. The van der Waals surface area contributed by atoms with E-state index in [9.17, 15) is 0 Å². The van der Waals surface area contributed by atoms with Gasteiger partial charge in [0, 0.05) is 26.6 Å². The molecule has 2 aromatic carbocycles. The first kappa shape index (κ1) is 21.1. The Morgan fingerprint density at radius 2 is 1.84 bits per heavy atom. The average molecular weight is 522 g/mol. The van der Waals surface area contributed by atoms with Crippen molar-refractivity contribution in [1.82, 2.24) is 10.3 Å². The molecular formula is C25H20BrN3OS2. The number of ether oxygens (including phenoxy) is 1. The monoisotopic (exact) mass is 521 g/mol. The summed E-state index contributed by atoms with van der Waals surface area (Å²) >= 11 is 11.1. The SMILES string of the molecule is Cc1ccccc1Oc1ccc(N2C(=S)N[C@@H](c3ccccn3)[C@H]2c2cc(Br)cs2)cc1. The lowest BCUT2D eigenvalue weighted by Crippen LogP contribution is -2.28. The number of nitrogens with zero attached hydrogens (tertiary/aromatic N) is 2. The summed E-state index contributed by atoms with van der Waals surface area (Å²) in [6, 6.07) is 24.2. The molecule has 0 saturated carbocycles. The van der Waals surface area contributed by atoms with Gasteiger partial charge in [0.15, 0.2) is 5.11 Å². The second kappa shape index (κ2) is 9.02. The fraction of sp³-hybridized carbons (Fsp3) is 0.120. The summed E-state index contributed by atoms with van der Waals surface area (Å²) in [5.41, 5.74) is 3.07. The van der Waals surface area contributed by atoms with Crippen LogP contribution in [-0.2, 0) is 0 Å². The molecule has 1 aliphatic heterocycles. The molecule has 0 aliphatic carbocycles. The second-order valence-electron chi connectivity index (χ2n) is 7.53. The third-order valence-electron chi connectivity index (χ3n) is 5.41. The molecule has 0 spiro atoms. The van der Waals surface area contributed by atoms with Crippen molar-refractivity contribution in [3.05, 3.63) is 105 Å². The zero-order valence-electron chi connectivity index (χ0n) is 17.2. The highest BCUT2D eigenvalue weighted by atomic mass is 79.9. The minimum atomic E-state index is -0.0443. The maximum atomic E-state index is 6.08. The van der Waals surface area contributed by atoms with Crippen molar-refractivity contribution >= 4 is 50.3 Å². The van der Waals surface area contributed by atoms with Gasteiger partial charge in [-0.15, -0.1) is 11.3 Å². The van der Waals surface area contributed by atoms with E-state index in [2.05, 4.69) is 54.7 Å². The molecule has 0 unspecified atom stereocenters. The Bertz CT molecular complexity index is 1240. The number of para-hydroxylation sites is 1. The summed E-state index contributed by atoms with van der Waals surface area (Å²) in [7, 11) is 0. The number of hydrogen-bond acceptors (Lipinski definition) is 4. The lowest BCUT2D eigenvalue weighted by atomic mass is 10.0. The quantitative estimate of drug-likeness (QED) is 0.281. The first-order chi connectivity index (χ1) is 15.6. The van der Waals surface area contributed by atoms with Crippen molar-refractivity contribution in [2.45, 2.75) is 19.0 Å². The van der Waals surface area contributed by atoms with Gasteiger partial charge in [-0.1, -0.05) is 24.3 Å². The normalized spacial score (nSPS) is 17.9. The number of anilines is 1. The van der Waals surface area contributed by atoms with E-state index in [1.54, 1.807) is 11.3 Å². The number of pyridine rings is 1. The van der Waals surface area contributed by atoms with E-state index >= 15 is 0 Å². The molecule has 0 bridgehead atoms. The zero-order valence-corrected chi connectivity index (χ0v) is 20.5. The zero-order chi connectivity index (χ0) is 22.1. The molecule has 0 amide bonds. The number of aromatic nitrogens is 1. The minimum absolute atomic E-state index is 0.00293. The number of thiocarbonyl (C=S) groups is 1.